The van der Waals surface area contributed by atoms with Crippen LogP contribution in [0.3, 0.4) is 0 Å². The summed E-state index contributed by atoms with van der Waals surface area (Å²) in [7, 11) is 0. The summed E-state index contributed by atoms with van der Waals surface area (Å²) >= 11 is 0. The largest absolute Gasteiger partial charge is 0.381 e. The Balaban J connectivity index is 2.80. The van der Waals surface area contributed by atoms with Crippen molar-refractivity contribution < 1.29 is 19.5 Å². The zero-order valence-corrected chi connectivity index (χ0v) is 15.5. The fraction of sp³-hybridized carbons (Fsp3) is 0.824. The molecule has 8 nitrogen and oxygen atoms in total. The van der Waals surface area contributed by atoms with Crippen molar-refractivity contribution in [2.75, 3.05) is 6.54 Å². The molecule has 1 rings (SSSR count). The van der Waals surface area contributed by atoms with Crippen molar-refractivity contribution in [1.82, 2.24) is 16.0 Å². The molecule has 0 aliphatic carbocycles. The number of nitrogens with two attached hydrogens (primary N) is 1. The number of carbonyl (C=O) groups excluding carboxylic acids is 3. The predicted octanol–water partition coefficient (Wildman–Crippen LogP) is -0.744. The van der Waals surface area contributed by atoms with E-state index in [0.717, 1.165) is 0 Å². The van der Waals surface area contributed by atoms with Gasteiger partial charge in [0.1, 0.15) is 0 Å². The minimum Gasteiger partial charge on any atom is -0.381 e. The van der Waals surface area contributed by atoms with Crippen molar-refractivity contribution in [3.63, 3.8) is 0 Å². The minimum atomic E-state index is -1.44. The van der Waals surface area contributed by atoms with E-state index in [2.05, 4.69) is 16.0 Å². The van der Waals surface area contributed by atoms with Crippen LogP contribution in [0.25, 0.3) is 0 Å². The first-order valence-electron chi connectivity index (χ1n) is 8.93. The van der Waals surface area contributed by atoms with Crippen LogP contribution in [-0.4, -0.2) is 53.6 Å². The summed E-state index contributed by atoms with van der Waals surface area (Å²) in [6, 6.07) is -1.73. The summed E-state index contributed by atoms with van der Waals surface area (Å²) in [6.07, 6.45) is -0.136. The van der Waals surface area contributed by atoms with Crippen molar-refractivity contribution in [3.05, 3.63) is 0 Å². The Morgan fingerprint density at radius 2 is 1.88 bits per heavy atom. The maximum atomic E-state index is 12.3. The molecular formula is C17H32N4O4. The van der Waals surface area contributed by atoms with Gasteiger partial charge in [-0.25, -0.2) is 0 Å². The first-order chi connectivity index (χ1) is 11.6. The van der Waals surface area contributed by atoms with Gasteiger partial charge in [0.05, 0.1) is 12.1 Å². The topological polar surface area (TPSA) is 134 Å². The highest BCUT2D eigenvalue weighted by atomic mass is 16.3. The Kier molecular flexibility index (Phi) is 8.31. The summed E-state index contributed by atoms with van der Waals surface area (Å²) in [5, 5.41) is 18.4. The number of nitrogens with one attached hydrogen (secondary N) is 3. The fourth-order valence-electron chi connectivity index (χ4n) is 2.90. The lowest BCUT2D eigenvalue weighted by atomic mass is 9.93. The molecule has 0 aromatic rings. The van der Waals surface area contributed by atoms with E-state index >= 15 is 0 Å². The van der Waals surface area contributed by atoms with E-state index in [1.807, 2.05) is 13.8 Å². The van der Waals surface area contributed by atoms with Gasteiger partial charge in [0.25, 0.3) is 5.91 Å². The summed E-state index contributed by atoms with van der Waals surface area (Å²) in [4.78, 5) is 36.3. The van der Waals surface area contributed by atoms with Gasteiger partial charge in [-0.15, -0.1) is 0 Å². The molecule has 6 N–H and O–H groups in total. The number of aliphatic hydroxyl groups excluding tert-OH is 1. The van der Waals surface area contributed by atoms with E-state index in [0.29, 0.717) is 19.4 Å². The van der Waals surface area contributed by atoms with Gasteiger partial charge in [0.2, 0.25) is 11.8 Å². The highest BCUT2D eigenvalue weighted by Gasteiger charge is 2.35. The summed E-state index contributed by atoms with van der Waals surface area (Å²) in [5.41, 5.74) is 5.89. The number of amides is 3. The molecular weight excluding hydrogens is 324 g/mol. The molecule has 0 radical (unpaired) electrons. The number of hydrogen-bond donors (Lipinski definition) is 5. The van der Waals surface area contributed by atoms with Crippen LogP contribution in [0.2, 0.25) is 0 Å². The van der Waals surface area contributed by atoms with Gasteiger partial charge in [0.15, 0.2) is 6.10 Å². The SMILES string of the molecule is CC(C)C[C@H](N)C(=O)N[C@@H](C[C@@H]1CCNC1=O)C(O)C(=O)NC(C)C. The van der Waals surface area contributed by atoms with Gasteiger partial charge in [-0.1, -0.05) is 13.8 Å². The third-order valence-electron chi connectivity index (χ3n) is 4.17. The molecule has 25 heavy (non-hydrogen) atoms. The van der Waals surface area contributed by atoms with Crippen LogP contribution < -0.4 is 21.7 Å². The molecule has 0 bridgehead atoms. The van der Waals surface area contributed by atoms with E-state index in [-0.39, 0.29) is 30.2 Å². The molecule has 144 valence electrons. The van der Waals surface area contributed by atoms with E-state index in [1.165, 1.54) is 0 Å². The zero-order valence-electron chi connectivity index (χ0n) is 15.5. The van der Waals surface area contributed by atoms with Crippen LogP contribution in [-0.2, 0) is 14.4 Å². The Hall–Kier alpha value is -1.67. The fourth-order valence-corrected chi connectivity index (χ4v) is 2.90. The summed E-state index contributed by atoms with van der Waals surface area (Å²) < 4.78 is 0. The van der Waals surface area contributed by atoms with Crippen molar-refractivity contribution in [2.24, 2.45) is 17.6 Å². The van der Waals surface area contributed by atoms with Gasteiger partial charge in [-0.2, -0.15) is 0 Å². The molecule has 0 aromatic heterocycles. The van der Waals surface area contributed by atoms with Crippen molar-refractivity contribution >= 4 is 17.7 Å². The first kappa shape index (κ1) is 21.4. The molecule has 1 aliphatic rings. The quantitative estimate of drug-likeness (QED) is 0.371. The molecule has 0 aromatic carbocycles. The van der Waals surface area contributed by atoms with Crippen LogP contribution in [0.15, 0.2) is 0 Å². The standard InChI is InChI=1S/C17H32N4O4/c1-9(2)7-12(18)16(24)21-13(8-11-5-6-19-15(11)23)14(22)17(25)20-10(3)4/h9-14,22H,5-8,18H2,1-4H3,(H,19,23)(H,20,25)(H,21,24)/t11-,12-,13-,14?/m0/s1. The van der Waals surface area contributed by atoms with Gasteiger partial charge in [-0.3, -0.25) is 14.4 Å². The van der Waals surface area contributed by atoms with E-state index in [1.54, 1.807) is 13.8 Å². The average Bonchev–Trinajstić information content (AvgIpc) is 2.89. The maximum Gasteiger partial charge on any atom is 0.251 e. The Labute approximate surface area is 149 Å². The summed E-state index contributed by atoms with van der Waals surface area (Å²) in [6.45, 7) is 8.03. The van der Waals surface area contributed by atoms with E-state index < -0.39 is 30.0 Å². The molecule has 0 spiro atoms. The van der Waals surface area contributed by atoms with Gasteiger partial charge >= 0.3 is 0 Å². The van der Waals surface area contributed by atoms with Crippen LogP contribution in [0.1, 0.15) is 47.0 Å². The van der Waals surface area contributed by atoms with Crippen LogP contribution in [0.4, 0.5) is 0 Å². The van der Waals surface area contributed by atoms with Crippen LogP contribution >= 0.6 is 0 Å². The lowest BCUT2D eigenvalue weighted by molar-refractivity contribution is -0.134. The third-order valence-corrected chi connectivity index (χ3v) is 4.17. The average molecular weight is 356 g/mol. The molecule has 1 unspecified atom stereocenters. The lowest BCUT2D eigenvalue weighted by Gasteiger charge is -2.27. The number of rotatable bonds is 9. The van der Waals surface area contributed by atoms with Gasteiger partial charge in [0, 0.05) is 18.5 Å². The molecule has 4 atom stereocenters. The highest BCUT2D eigenvalue weighted by Crippen LogP contribution is 2.18. The minimum absolute atomic E-state index is 0.123. The number of carbonyl (C=O) groups is 3. The Bertz CT molecular complexity index is 481. The van der Waals surface area contributed by atoms with Crippen molar-refractivity contribution in [1.29, 1.82) is 0 Å². The second-order valence-corrected chi connectivity index (χ2v) is 7.47. The Morgan fingerprint density at radius 1 is 1.24 bits per heavy atom. The molecule has 1 saturated heterocycles. The monoisotopic (exact) mass is 356 g/mol. The highest BCUT2D eigenvalue weighted by molar-refractivity contribution is 5.86. The van der Waals surface area contributed by atoms with Crippen LogP contribution in [0, 0.1) is 11.8 Å². The molecule has 1 aliphatic heterocycles. The molecule has 1 fully saturated rings. The van der Waals surface area contributed by atoms with Crippen molar-refractivity contribution in [3.8, 4) is 0 Å². The molecule has 0 saturated carbocycles. The van der Waals surface area contributed by atoms with E-state index in [4.69, 9.17) is 5.73 Å². The van der Waals surface area contributed by atoms with Gasteiger partial charge in [-0.05, 0) is 39.0 Å². The van der Waals surface area contributed by atoms with Crippen molar-refractivity contribution in [2.45, 2.75) is 71.2 Å². The zero-order chi connectivity index (χ0) is 19.1. The second kappa shape index (κ2) is 9.72. The number of hydrogen-bond acceptors (Lipinski definition) is 5. The maximum absolute atomic E-state index is 12.3. The third kappa shape index (κ3) is 6.99. The number of aliphatic hydroxyl groups is 1. The molecule has 1 heterocycles. The lowest BCUT2D eigenvalue weighted by Crippen LogP contribution is -2.55. The normalized spacial score (nSPS) is 21.0. The van der Waals surface area contributed by atoms with E-state index in [9.17, 15) is 19.5 Å². The Morgan fingerprint density at radius 3 is 2.36 bits per heavy atom. The molecule has 3 amide bonds. The second-order valence-electron chi connectivity index (χ2n) is 7.47. The van der Waals surface area contributed by atoms with Crippen LogP contribution in [0.5, 0.6) is 0 Å². The predicted molar refractivity (Wildman–Crippen MR) is 94.4 cm³/mol. The first-order valence-corrected chi connectivity index (χ1v) is 8.93. The smallest absolute Gasteiger partial charge is 0.251 e. The summed E-state index contributed by atoms with van der Waals surface area (Å²) in [5.74, 6) is -1.21. The molecule has 8 heteroatoms. The van der Waals surface area contributed by atoms with Gasteiger partial charge < -0.3 is 26.8 Å².